The van der Waals surface area contributed by atoms with Gasteiger partial charge in [0.25, 0.3) is 0 Å². The van der Waals surface area contributed by atoms with Gasteiger partial charge in [0.1, 0.15) is 6.04 Å². The van der Waals surface area contributed by atoms with Crippen LogP contribution in [0.1, 0.15) is 55.9 Å². The first-order valence-electron chi connectivity index (χ1n) is 14.0. The average Bonchev–Trinajstić information content (AvgIpc) is 2.89. The predicted molar refractivity (Wildman–Crippen MR) is 166 cm³/mol. The molecular formula is C33H43N3O4S. The van der Waals surface area contributed by atoms with Gasteiger partial charge in [0.2, 0.25) is 21.8 Å². The lowest BCUT2D eigenvalue weighted by atomic mass is 10.00. The summed E-state index contributed by atoms with van der Waals surface area (Å²) in [5, 5.41) is 3.07. The van der Waals surface area contributed by atoms with Crippen LogP contribution < -0.4 is 9.62 Å². The van der Waals surface area contributed by atoms with Gasteiger partial charge in [-0.1, -0.05) is 72.8 Å². The monoisotopic (exact) mass is 577 g/mol. The van der Waals surface area contributed by atoms with Gasteiger partial charge < -0.3 is 10.2 Å². The lowest BCUT2D eigenvalue weighted by molar-refractivity contribution is -0.142. The van der Waals surface area contributed by atoms with Crippen molar-refractivity contribution in [1.82, 2.24) is 10.2 Å². The Hall–Kier alpha value is -3.65. The van der Waals surface area contributed by atoms with Gasteiger partial charge in [-0.25, -0.2) is 8.42 Å². The second-order valence-electron chi connectivity index (χ2n) is 11.7. The number of hydrogen-bond acceptors (Lipinski definition) is 4. The van der Waals surface area contributed by atoms with Gasteiger partial charge in [0.05, 0.1) is 11.9 Å². The molecule has 0 unspecified atom stereocenters. The number of carbonyl (C=O) groups excluding carboxylic acids is 2. The fraction of sp³-hybridized carbons (Fsp3) is 0.394. The fourth-order valence-electron chi connectivity index (χ4n) is 4.76. The largest absolute Gasteiger partial charge is 0.350 e. The first-order valence-corrected chi connectivity index (χ1v) is 15.8. The van der Waals surface area contributed by atoms with E-state index in [1.165, 1.54) is 10.6 Å². The van der Waals surface area contributed by atoms with E-state index in [0.717, 1.165) is 22.3 Å². The molecule has 3 aromatic rings. The molecule has 0 heterocycles. The number of nitrogens with one attached hydrogen (secondary N) is 1. The average molecular weight is 578 g/mol. The molecule has 0 saturated heterocycles. The van der Waals surface area contributed by atoms with E-state index < -0.39 is 21.6 Å². The summed E-state index contributed by atoms with van der Waals surface area (Å²) in [5.41, 5.74) is 3.81. The van der Waals surface area contributed by atoms with Crippen LogP contribution in [0.4, 0.5) is 5.69 Å². The molecule has 3 rings (SSSR count). The maximum absolute atomic E-state index is 13.9. The number of hydrogen-bond donors (Lipinski definition) is 1. The second-order valence-corrected chi connectivity index (χ2v) is 13.6. The molecule has 0 bridgehead atoms. The quantitative estimate of drug-likeness (QED) is 0.312. The zero-order valence-corrected chi connectivity index (χ0v) is 25.9. The molecule has 3 aromatic carbocycles. The molecule has 220 valence electrons. The summed E-state index contributed by atoms with van der Waals surface area (Å²) in [7, 11) is -3.57. The van der Waals surface area contributed by atoms with Gasteiger partial charge in [0.15, 0.2) is 0 Å². The summed E-state index contributed by atoms with van der Waals surface area (Å²) in [5.74, 6) is -0.424. The van der Waals surface area contributed by atoms with Crippen LogP contribution in [0.2, 0.25) is 0 Å². The third-order valence-electron chi connectivity index (χ3n) is 6.75. The maximum Gasteiger partial charge on any atom is 0.243 e. The topological polar surface area (TPSA) is 86.8 Å². The van der Waals surface area contributed by atoms with Crippen molar-refractivity contribution in [1.29, 1.82) is 0 Å². The van der Waals surface area contributed by atoms with Crippen LogP contribution in [0, 0.1) is 13.8 Å². The smallest absolute Gasteiger partial charge is 0.243 e. The van der Waals surface area contributed by atoms with E-state index in [1.807, 2.05) is 113 Å². The molecule has 0 aliphatic heterocycles. The highest BCUT2D eigenvalue weighted by atomic mass is 32.2. The van der Waals surface area contributed by atoms with E-state index >= 15 is 0 Å². The van der Waals surface area contributed by atoms with Crippen molar-refractivity contribution in [3.63, 3.8) is 0 Å². The molecule has 0 aliphatic carbocycles. The van der Waals surface area contributed by atoms with E-state index in [9.17, 15) is 18.0 Å². The summed E-state index contributed by atoms with van der Waals surface area (Å²) in [4.78, 5) is 29.2. The molecule has 8 heteroatoms. The minimum absolute atomic E-state index is 0.0950. The summed E-state index contributed by atoms with van der Waals surface area (Å²) in [6.07, 6.45) is 1.95. The van der Waals surface area contributed by atoms with Crippen LogP contribution >= 0.6 is 0 Å². The first-order chi connectivity index (χ1) is 19.2. The molecule has 0 saturated carbocycles. The number of benzene rings is 3. The lowest BCUT2D eigenvalue weighted by Gasteiger charge is -2.34. The minimum atomic E-state index is -3.57. The third-order valence-corrected chi connectivity index (χ3v) is 7.93. The summed E-state index contributed by atoms with van der Waals surface area (Å²) < 4.78 is 26.9. The molecule has 0 radical (unpaired) electrons. The number of anilines is 1. The molecular weight excluding hydrogens is 534 g/mol. The van der Waals surface area contributed by atoms with Crippen molar-refractivity contribution in [3.05, 3.63) is 101 Å². The lowest BCUT2D eigenvalue weighted by Crippen LogP contribution is -2.54. The van der Waals surface area contributed by atoms with Crippen LogP contribution in [-0.4, -0.2) is 49.5 Å². The zero-order valence-electron chi connectivity index (χ0n) is 25.1. The molecule has 1 N–H and O–H groups in total. The Balaban J connectivity index is 1.90. The molecule has 0 fully saturated rings. The summed E-state index contributed by atoms with van der Waals surface area (Å²) in [6, 6.07) is 24.2. The van der Waals surface area contributed by atoms with E-state index in [4.69, 9.17) is 0 Å². The summed E-state index contributed by atoms with van der Waals surface area (Å²) >= 11 is 0. The number of aryl methyl sites for hydroxylation is 2. The maximum atomic E-state index is 13.9. The highest BCUT2D eigenvalue weighted by Crippen LogP contribution is 2.25. The summed E-state index contributed by atoms with van der Waals surface area (Å²) in [6.45, 7) is 9.97. The van der Waals surface area contributed by atoms with Gasteiger partial charge in [-0.3, -0.25) is 13.9 Å². The van der Waals surface area contributed by atoms with Crippen molar-refractivity contribution >= 4 is 27.5 Å². The van der Waals surface area contributed by atoms with Crippen molar-refractivity contribution in [2.45, 2.75) is 72.0 Å². The number of carbonyl (C=O) groups is 2. The Kier molecular flexibility index (Phi) is 10.7. The number of rotatable bonds is 12. The van der Waals surface area contributed by atoms with Crippen molar-refractivity contribution in [3.8, 4) is 0 Å². The van der Waals surface area contributed by atoms with E-state index in [-0.39, 0.29) is 31.3 Å². The molecule has 1 atom stereocenters. The molecule has 0 aromatic heterocycles. The van der Waals surface area contributed by atoms with Crippen LogP contribution in [0.3, 0.4) is 0 Å². The first kappa shape index (κ1) is 31.9. The highest BCUT2D eigenvalue weighted by molar-refractivity contribution is 7.92. The highest BCUT2D eigenvalue weighted by Gasteiger charge is 2.32. The molecule has 7 nitrogen and oxygen atoms in total. The standard InChI is InChI=1S/C33H43N3O4S/c1-25-19-20-26(2)29(22-25)36(41(6,39)40)21-13-18-31(37)35(24-28-16-11-8-12-17-28)30(32(38)34-33(3,4)5)23-27-14-9-7-10-15-27/h7-12,14-17,19-20,22,30H,13,18,21,23-24H2,1-6H3,(H,34,38)/t30-/m0/s1. The number of amides is 2. The van der Waals surface area contributed by atoms with Crippen LogP contribution in [-0.2, 0) is 32.6 Å². The van der Waals surface area contributed by atoms with Crippen molar-refractivity contribution in [2.24, 2.45) is 0 Å². The fourth-order valence-corrected chi connectivity index (χ4v) is 5.77. The van der Waals surface area contributed by atoms with Crippen LogP contribution in [0.5, 0.6) is 0 Å². The Morgan fingerprint density at radius 1 is 0.878 bits per heavy atom. The molecule has 0 spiro atoms. The van der Waals surface area contributed by atoms with Crippen molar-refractivity contribution < 1.29 is 18.0 Å². The number of sulfonamides is 1. The van der Waals surface area contributed by atoms with Gasteiger partial charge >= 0.3 is 0 Å². The van der Waals surface area contributed by atoms with E-state index in [2.05, 4.69) is 5.32 Å². The molecule has 0 aliphatic rings. The van der Waals surface area contributed by atoms with Gasteiger partial charge in [-0.15, -0.1) is 0 Å². The molecule has 2 amide bonds. The zero-order chi connectivity index (χ0) is 30.2. The molecule has 41 heavy (non-hydrogen) atoms. The van der Waals surface area contributed by atoms with E-state index in [1.54, 1.807) is 4.90 Å². The Bertz CT molecular complexity index is 1420. The minimum Gasteiger partial charge on any atom is -0.350 e. The Morgan fingerprint density at radius 3 is 2.02 bits per heavy atom. The predicted octanol–water partition coefficient (Wildman–Crippen LogP) is 5.40. The Morgan fingerprint density at radius 2 is 1.46 bits per heavy atom. The van der Waals surface area contributed by atoms with Crippen LogP contribution in [0.15, 0.2) is 78.9 Å². The SMILES string of the molecule is Cc1ccc(C)c(N(CCCC(=O)N(Cc2ccccc2)[C@@H](Cc2ccccc2)C(=O)NC(C)(C)C)S(C)(=O)=O)c1. The third kappa shape index (κ3) is 9.74. The second kappa shape index (κ2) is 13.8. The number of nitrogens with zero attached hydrogens (tertiary/aromatic N) is 2. The normalized spacial score (nSPS) is 12.4. The van der Waals surface area contributed by atoms with Gasteiger partial charge in [-0.2, -0.15) is 0 Å². The van der Waals surface area contributed by atoms with E-state index in [0.29, 0.717) is 18.5 Å². The van der Waals surface area contributed by atoms with Crippen LogP contribution in [0.25, 0.3) is 0 Å². The van der Waals surface area contributed by atoms with Gasteiger partial charge in [-0.05, 0) is 69.4 Å². The van der Waals surface area contributed by atoms with Crippen molar-refractivity contribution in [2.75, 3.05) is 17.1 Å². The Labute approximate surface area is 245 Å². The van der Waals surface area contributed by atoms with Gasteiger partial charge in [0, 0.05) is 31.5 Å².